The van der Waals surface area contributed by atoms with Crippen molar-refractivity contribution in [2.45, 2.75) is 51.2 Å². The van der Waals surface area contributed by atoms with Crippen molar-refractivity contribution in [2.24, 2.45) is 0 Å². The lowest BCUT2D eigenvalue weighted by atomic mass is 10.0. The first kappa shape index (κ1) is 30.4. The van der Waals surface area contributed by atoms with E-state index in [0.717, 1.165) is 22.5 Å². The second kappa shape index (κ2) is 12.9. The fraction of sp³-hybridized carbons (Fsp3) is 0.345. The number of benzene rings is 2. The highest BCUT2D eigenvalue weighted by atomic mass is 32.2. The highest BCUT2D eigenvalue weighted by Gasteiger charge is 2.30. The maximum Gasteiger partial charge on any atom is 0.321 e. The van der Waals surface area contributed by atoms with Gasteiger partial charge in [-0.25, -0.2) is 13.2 Å². The summed E-state index contributed by atoms with van der Waals surface area (Å²) in [5.41, 5.74) is 2.22. The third-order valence-corrected chi connectivity index (χ3v) is 10.1. The van der Waals surface area contributed by atoms with E-state index in [9.17, 15) is 22.8 Å². The van der Waals surface area contributed by atoms with E-state index in [0.29, 0.717) is 24.0 Å². The zero-order valence-electron chi connectivity index (χ0n) is 23.6. The van der Waals surface area contributed by atoms with Crippen LogP contribution < -0.4 is 16.0 Å². The standard InChI is InChI=1S/C29H35N5O5S2/c1-5-34(17-20-9-7-6-8-10-20)41(38,39)22-13-11-21(12-14-22)26(35)31-28-25(27(36)32-29(37)30-4)23-15-16-33(19(2)3)18-24(23)40-28/h6-14,19H,5,15-18H2,1-4H3,(H,31,35)(H2,30,32,36,37). The van der Waals surface area contributed by atoms with Gasteiger partial charge in [0.05, 0.1) is 10.5 Å². The average Bonchev–Trinajstić information content (AvgIpc) is 3.33. The molecular weight excluding hydrogens is 562 g/mol. The lowest BCUT2D eigenvalue weighted by Gasteiger charge is -2.30. The van der Waals surface area contributed by atoms with Crippen LogP contribution in [0, 0.1) is 0 Å². The number of nitrogens with one attached hydrogen (secondary N) is 3. The number of thiophene rings is 1. The summed E-state index contributed by atoms with van der Waals surface area (Å²) < 4.78 is 28.0. The molecular formula is C29H35N5O5S2. The normalized spacial score (nSPS) is 13.6. The van der Waals surface area contributed by atoms with Gasteiger partial charge in [-0.15, -0.1) is 11.3 Å². The maximum absolute atomic E-state index is 13.3. The summed E-state index contributed by atoms with van der Waals surface area (Å²) >= 11 is 1.32. The molecule has 0 atom stereocenters. The van der Waals surface area contributed by atoms with Crippen molar-refractivity contribution in [1.82, 2.24) is 19.8 Å². The Morgan fingerprint density at radius 3 is 2.32 bits per heavy atom. The predicted molar refractivity (Wildman–Crippen MR) is 160 cm³/mol. The average molecular weight is 598 g/mol. The number of sulfonamides is 1. The van der Waals surface area contributed by atoms with Crippen LogP contribution in [-0.2, 0) is 29.5 Å². The largest absolute Gasteiger partial charge is 0.341 e. The molecule has 0 unspecified atom stereocenters. The lowest BCUT2D eigenvalue weighted by molar-refractivity contribution is 0.0963. The maximum atomic E-state index is 13.3. The number of rotatable bonds is 9. The number of nitrogens with zero attached hydrogens (tertiary/aromatic N) is 2. The fourth-order valence-electron chi connectivity index (χ4n) is 4.68. The second-order valence-electron chi connectivity index (χ2n) is 9.95. The third-order valence-electron chi connectivity index (χ3n) is 7.03. The van der Waals surface area contributed by atoms with Gasteiger partial charge < -0.3 is 10.6 Å². The van der Waals surface area contributed by atoms with Crippen LogP contribution in [0.5, 0.6) is 0 Å². The molecule has 218 valence electrons. The Bertz CT molecular complexity index is 1520. The van der Waals surface area contributed by atoms with Gasteiger partial charge in [-0.05, 0) is 55.7 Å². The topological polar surface area (TPSA) is 128 Å². The minimum Gasteiger partial charge on any atom is -0.341 e. The molecule has 2 heterocycles. The number of urea groups is 1. The summed E-state index contributed by atoms with van der Waals surface area (Å²) in [6.07, 6.45) is 0.611. The Morgan fingerprint density at radius 2 is 1.71 bits per heavy atom. The van der Waals surface area contributed by atoms with Crippen LogP contribution in [0.4, 0.5) is 9.80 Å². The molecule has 4 amide bonds. The minimum absolute atomic E-state index is 0.0813. The van der Waals surface area contributed by atoms with E-state index in [-0.39, 0.29) is 29.1 Å². The van der Waals surface area contributed by atoms with E-state index in [1.54, 1.807) is 6.92 Å². The van der Waals surface area contributed by atoms with Crippen molar-refractivity contribution in [2.75, 3.05) is 25.5 Å². The Balaban J connectivity index is 1.57. The Labute approximate surface area is 244 Å². The molecule has 0 saturated carbocycles. The molecule has 3 N–H and O–H groups in total. The van der Waals surface area contributed by atoms with Crippen LogP contribution >= 0.6 is 11.3 Å². The minimum atomic E-state index is -3.79. The highest BCUT2D eigenvalue weighted by Crippen LogP contribution is 2.38. The number of fused-ring (bicyclic) bond motifs is 1. The summed E-state index contributed by atoms with van der Waals surface area (Å²) in [6.45, 7) is 7.90. The van der Waals surface area contributed by atoms with Gasteiger partial charge in [0.1, 0.15) is 5.00 Å². The summed E-state index contributed by atoms with van der Waals surface area (Å²) in [5.74, 6) is -1.08. The first-order chi connectivity index (χ1) is 19.5. The van der Waals surface area contributed by atoms with Crippen molar-refractivity contribution < 1.29 is 22.8 Å². The van der Waals surface area contributed by atoms with E-state index < -0.39 is 27.9 Å². The number of imide groups is 1. The van der Waals surface area contributed by atoms with Gasteiger partial charge in [-0.3, -0.25) is 19.8 Å². The molecule has 0 spiro atoms. The molecule has 0 saturated heterocycles. The molecule has 12 heteroatoms. The molecule has 1 aromatic heterocycles. The van der Waals surface area contributed by atoms with E-state index in [1.807, 2.05) is 30.3 Å². The third kappa shape index (κ3) is 6.84. The smallest absolute Gasteiger partial charge is 0.321 e. The first-order valence-electron chi connectivity index (χ1n) is 13.4. The molecule has 3 aromatic rings. The number of hydrogen-bond donors (Lipinski definition) is 3. The van der Waals surface area contributed by atoms with Crippen LogP contribution in [0.3, 0.4) is 0 Å². The number of amides is 4. The van der Waals surface area contributed by atoms with Crippen LogP contribution in [0.1, 0.15) is 57.5 Å². The molecule has 0 bridgehead atoms. The SMILES string of the molecule is CCN(Cc1ccccc1)S(=O)(=O)c1ccc(C(=O)Nc2sc3c(c2C(=O)NC(=O)NC)CCN(C(C)C)C3)cc1. The molecule has 1 aliphatic rings. The zero-order valence-corrected chi connectivity index (χ0v) is 25.2. The van der Waals surface area contributed by atoms with Crippen LogP contribution in [0.2, 0.25) is 0 Å². The molecule has 10 nitrogen and oxygen atoms in total. The number of hydrogen-bond acceptors (Lipinski definition) is 7. The van der Waals surface area contributed by atoms with Gasteiger partial charge >= 0.3 is 6.03 Å². The van der Waals surface area contributed by atoms with Gasteiger partial charge in [0.25, 0.3) is 11.8 Å². The summed E-state index contributed by atoms with van der Waals surface area (Å²) in [6, 6.07) is 14.8. The van der Waals surface area contributed by atoms with Gasteiger partial charge in [0.2, 0.25) is 10.0 Å². The monoisotopic (exact) mass is 597 g/mol. The van der Waals surface area contributed by atoms with Crippen molar-refractivity contribution in [3.05, 3.63) is 81.7 Å². The Hall–Kier alpha value is -3.58. The van der Waals surface area contributed by atoms with E-state index in [1.165, 1.54) is 47.0 Å². The van der Waals surface area contributed by atoms with Gasteiger partial charge in [-0.2, -0.15) is 4.31 Å². The van der Waals surface area contributed by atoms with Gasteiger partial charge in [-0.1, -0.05) is 37.3 Å². The van der Waals surface area contributed by atoms with Crippen molar-refractivity contribution in [3.8, 4) is 0 Å². The van der Waals surface area contributed by atoms with E-state index in [4.69, 9.17) is 0 Å². The molecule has 0 fully saturated rings. The first-order valence-corrected chi connectivity index (χ1v) is 15.7. The quantitative estimate of drug-likeness (QED) is 0.342. The van der Waals surface area contributed by atoms with Crippen LogP contribution in [0.15, 0.2) is 59.5 Å². The van der Waals surface area contributed by atoms with Crippen molar-refractivity contribution in [1.29, 1.82) is 0 Å². The lowest BCUT2D eigenvalue weighted by Crippen LogP contribution is -2.39. The zero-order chi connectivity index (χ0) is 29.7. The van der Waals surface area contributed by atoms with E-state index in [2.05, 4.69) is 34.7 Å². The van der Waals surface area contributed by atoms with Gasteiger partial charge in [0, 0.05) is 49.7 Å². The Kier molecular flexibility index (Phi) is 9.59. The molecule has 2 aromatic carbocycles. The predicted octanol–water partition coefficient (Wildman–Crippen LogP) is 4.05. The van der Waals surface area contributed by atoms with Crippen LogP contribution in [0.25, 0.3) is 0 Å². The molecule has 1 aliphatic heterocycles. The van der Waals surface area contributed by atoms with E-state index >= 15 is 0 Å². The Morgan fingerprint density at radius 1 is 1.02 bits per heavy atom. The molecule has 41 heavy (non-hydrogen) atoms. The highest BCUT2D eigenvalue weighted by molar-refractivity contribution is 7.89. The number of anilines is 1. The molecule has 4 rings (SSSR count). The van der Waals surface area contributed by atoms with Crippen molar-refractivity contribution in [3.63, 3.8) is 0 Å². The fourth-order valence-corrected chi connectivity index (χ4v) is 7.38. The summed E-state index contributed by atoms with van der Waals surface area (Å²) in [7, 11) is -2.37. The number of carbonyl (C=O) groups is 3. The summed E-state index contributed by atoms with van der Waals surface area (Å²) in [4.78, 5) is 41.5. The summed E-state index contributed by atoms with van der Waals surface area (Å²) in [5, 5.41) is 7.87. The van der Waals surface area contributed by atoms with Gasteiger partial charge in [0.15, 0.2) is 0 Å². The molecule has 0 aliphatic carbocycles. The number of carbonyl (C=O) groups excluding carboxylic acids is 3. The van der Waals surface area contributed by atoms with Crippen molar-refractivity contribution >= 4 is 44.2 Å². The molecule has 0 radical (unpaired) electrons. The van der Waals surface area contributed by atoms with Crippen LogP contribution in [-0.4, -0.2) is 61.6 Å². The second-order valence-corrected chi connectivity index (χ2v) is 13.0.